The van der Waals surface area contributed by atoms with E-state index in [9.17, 15) is 18.0 Å². The maximum absolute atomic E-state index is 12.6. The average molecular weight is 340 g/mol. The van der Waals surface area contributed by atoms with Gasteiger partial charge < -0.3 is 10.6 Å². The molecule has 2 amide bonds. The van der Waals surface area contributed by atoms with Gasteiger partial charge in [0.05, 0.1) is 35.2 Å². The number of hydrogen-bond acceptors (Lipinski definition) is 5. The van der Waals surface area contributed by atoms with Crippen molar-refractivity contribution in [1.82, 2.24) is 14.7 Å². The van der Waals surface area contributed by atoms with Gasteiger partial charge in [-0.1, -0.05) is 0 Å². The summed E-state index contributed by atoms with van der Waals surface area (Å²) < 4.78 is 24.9. The van der Waals surface area contributed by atoms with Crippen molar-refractivity contribution in [2.24, 2.45) is 11.7 Å². The molecule has 1 aromatic rings. The maximum Gasteiger partial charge on any atom is 0.257 e. The van der Waals surface area contributed by atoms with Crippen LogP contribution < -0.4 is 5.73 Å². The lowest BCUT2D eigenvalue weighted by atomic mass is 10.1. The fraction of sp³-hybridized carbons (Fsp3) is 0.643. The SMILES string of the molecule is Cc1c(C(=O)N2CC[C@@H](C(N)=O)C2)cnn1[C@@H]1CCS(=O)(=O)C1. The molecule has 2 saturated heterocycles. The van der Waals surface area contributed by atoms with Crippen LogP contribution in [0.5, 0.6) is 0 Å². The third kappa shape index (κ3) is 2.97. The van der Waals surface area contributed by atoms with Crippen LogP contribution in [0.25, 0.3) is 0 Å². The van der Waals surface area contributed by atoms with Crippen molar-refractivity contribution >= 4 is 21.7 Å². The molecule has 2 aliphatic heterocycles. The number of nitrogens with zero attached hydrogens (tertiary/aromatic N) is 3. The van der Waals surface area contributed by atoms with Crippen LogP contribution in [-0.4, -0.2) is 59.5 Å². The smallest absolute Gasteiger partial charge is 0.257 e. The van der Waals surface area contributed by atoms with Gasteiger partial charge >= 0.3 is 0 Å². The summed E-state index contributed by atoms with van der Waals surface area (Å²) >= 11 is 0. The molecule has 0 aromatic carbocycles. The number of nitrogens with two attached hydrogens (primary N) is 1. The summed E-state index contributed by atoms with van der Waals surface area (Å²) in [6.07, 6.45) is 2.58. The average Bonchev–Trinajstić information content (AvgIpc) is 3.16. The Morgan fingerprint density at radius 3 is 2.65 bits per heavy atom. The molecule has 3 heterocycles. The molecule has 0 unspecified atom stereocenters. The van der Waals surface area contributed by atoms with Crippen LogP contribution >= 0.6 is 0 Å². The van der Waals surface area contributed by atoms with Crippen LogP contribution in [0.1, 0.15) is 34.9 Å². The van der Waals surface area contributed by atoms with Gasteiger partial charge in [0.1, 0.15) is 0 Å². The molecular weight excluding hydrogens is 320 g/mol. The van der Waals surface area contributed by atoms with Gasteiger partial charge in [0, 0.05) is 18.8 Å². The molecule has 9 heteroatoms. The summed E-state index contributed by atoms with van der Waals surface area (Å²) in [5, 5.41) is 4.22. The Balaban J connectivity index is 1.77. The molecule has 1 aromatic heterocycles. The quantitative estimate of drug-likeness (QED) is 0.796. The molecule has 0 bridgehead atoms. The van der Waals surface area contributed by atoms with Crippen LogP contribution in [0.4, 0.5) is 0 Å². The molecule has 126 valence electrons. The van der Waals surface area contributed by atoms with Gasteiger partial charge in [-0.3, -0.25) is 14.3 Å². The molecule has 0 radical (unpaired) electrons. The Morgan fingerprint density at radius 1 is 1.35 bits per heavy atom. The van der Waals surface area contributed by atoms with Gasteiger partial charge in [-0.15, -0.1) is 0 Å². The van der Waals surface area contributed by atoms with E-state index >= 15 is 0 Å². The van der Waals surface area contributed by atoms with Crippen LogP contribution in [0.15, 0.2) is 6.20 Å². The monoisotopic (exact) mass is 340 g/mol. The van der Waals surface area contributed by atoms with E-state index in [1.54, 1.807) is 16.5 Å². The largest absolute Gasteiger partial charge is 0.369 e. The standard InChI is InChI=1S/C14H20N4O4S/c1-9-12(14(20)17-4-2-10(7-17)13(15)19)6-16-18(9)11-3-5-23(21,22)8-11/h6,10-11H,2-5,7-8H2,1H3,(H2,15,19)/t10-,11-/m1/s1. The van der Waals surface area contributed by atoms with E-state index in [0.717, 1.165) is 0 Å². The summed E-state index contributed by atoms with van der Waals surface area (Å²) in [4.78, 5) is 25.4. The van der Waals surface area contributed by atoms with Crippen molar-refractivity contribution in [2.45, 2.75) is 25.8 Å². The molecule has 0 saturated carbocycles. The molecule has 3 rings (SSSR count). The van der Waals surface area contributed by atoms with Crippen LogP contribution in [0.3, 0.4) is 0 Å². The summed E-state index contributed by atoms with van der Waals surface area (Å²) in [6.45, 7) is 2.60. The Morgan fingerprint density at radius 2 is 2.09 bits per heavy atom. The number of likely N-dealkylation sites (tertiary alicyclic amines) is 1. The number of carbonyl (C=O) groups is 2. The number of rotatable bonds is 3. The molecule has 2 fully saturated rings. The van der Waals surface area contributed by atoms with Gasteiger partial charge in [-0.25, -0.2) is 8.42 Å². The van der Waals surface area contributed by atoms with Crippen LogP contribution in [-0.2, 0) is 14.6 Å². The van der Waals surface area contributed by atoms with Crippen molar-refractivity contribution in [2.75, 3.05) is 24.6 Å². The first kappa shape index (κ1) is 16.0. The molecule has 2 N–H and O–H groups in total. The number of primary amides is 1. The summed E-state index contributed by atoms with van der Waals surface area (Å²) in [7, 11) is -3.01. The lowest BCUT2D eigenvalue weighted by Gasteiger charge is -2.16. The van der Waals surface area contributed by atoms with E-state index in [4.69, 9.17) is 5.73 Å². The molecule has 0 spiro atoms. The van der Waals surface area contributed by atoms with Crippen molar-refractivity contribution in [1.29, 1.82) is 0 Å². The highest BCUT2D eigenvalue weighted by Gasteiger charge is 2.34. The third-order valence-electron chi connectivity index (χ3n) is 4.71. The highest BCUT2D eigenvalue weighted by atomic mass is 32.2. The Hall–Kier alpha value is -1.90. The van der Waals surface area contributed by atoms with Crippen molar-refractivity contribution in [3.05, 3.63) is 17.5 Å². The molecule has 8 nitrogen and oxygen atoms in total. The topological polar surface area (TPSA) is 115 Å². The first-order valence-electron chi connectivity index (χ1n) is 7.61. The minimum Gasteiger partial charge on any atom is -0.369 e. The van der Waals surface area contributed by atoms with E-state index in [1.807, 2.05) is 0 Å². The van der Waals surface area contributed by atoms with E-state index in [0.29, 0.717) is 37.2 Å². The van der Waals surface area contributed by atoms with Gasteiger partial charge in [0.2, 0.25) is 5.91 Å². The third-order valence-corrected chi connectivity index (χ3v) is 6.46. The lowest BCUT2D eigenvalue weighted by Crippen LogP contribution is -2.32. The predicted octanol–water partition coefficient (Wildman–Crippen LogP) is -0.501. The zero-order valence-electron chi connectivity index (χ0n) is 12.9. The van der Waals surface area contributed by atoms with Gasteiger partial charge in [0.25, 0.3) is 5.91 Å². The summed E-state index contributed by atoms with van der Waals surface area (Å²) in [6, 6.07) is -0.210. The van der Waals surface area contributed by atoms with Gasteiger partial charge in [-0.05, 0) is 19.8 Å². The summed E-state index contributed by atoms with van der Waals surface area (Å²) in [5.41, 5.74) is 6.41. The number of hydrogen-bond donors (Lipinski definition) is 1. The summed E-state index contributed by atoms with van der Waals surface area (Å²) in [5.74, 6) is -0.639. The normalized spacial score (nSPS) is 26.6. The number of carbonyl (C=O) groups excluding carboxylic acids is 2. The highest BCUT2D eigenvalue weighted by molar-refractivity contribution is 7.91. The van der Waals surface area contributed by atoms with E-state index in [2.05, 4.69) is 5.10 Å². The fourth-order valence-corrected chi connectivity index (χ4v) is 5.01. The molecular formula is C14H20N4O4S. The first-order valence-corrected chi connectivity index (χ1v) is 9.44. The Labute approximate surface area is 134 Å². The fourth-order valence-electron chi connectivity index (χ4n) is 3.32. The predicted molar refractivity (Wildman–Crippen MR) is 82.5 cm³/mol. The second kappa shape index (κ2) is 5.63. The zero-order valence-corrected chi connectivity index (χ0v) is 13.8. The highest BCUT2D eigenvalue weighted by Crippen LogP contribution is 2.26. The van der Waals surface area contributed by atoms with Gasteiger partial charge in [0.15, 0.2) is 9.84 Å². The van der Waals surface area contributed by atoms with E-state index in [-0.39, 0.29) is 35.3 Å². The first-order chi connectivity index (χ1) is 10.8. The number of sulfone groups is 1. The maximum atomic E-state index is 12.6. The number of amides is 2. The zero-order chi connectivity index (χ0) is 16.8. The van der Waals surface area contributed by atoms with E-state index < -0.39 is 9.84 Å². The lowest BCUT2D eigenvalue weighted by molar-refractivity contribution is -0.121. The minimum absolute atomic E-state index is 0.0661. The van der Waals surface area contributed by atoms with Crippen LogP contribution in [0, 0.1) is 12.8 Å². The number of aromatic nitrogens is 2. The Kier molecular flexibility index (Phi) is 3.91. The molecule has 2 atom stereocenters. The van der Waals surface area contributed by atoms with Crippen LogP contribution in [0.2, 0.25) is 0 Å². The van der Waals surface area contributed by atoms with Crippen molar-refractivity contribution in [3.63, 3.8) is 0 Å². The minimum atomic E-state index is -3.01. The Bertz CT molecular complexity index is 755. The van der Waals surface area contributed by atoms with E-state index in [1.165, 1.54) is 6.20 Å². The second-order valence-corrected chi connectivity index (χ2v) is 8.51. The van der Waals surface area contributed by atoms with Crippen molar-refractivity contribution in [3.8, 4) is 0 Å². The molecule has 0 aliphatic carbocycles. The van der Waals surface area contributed by atoms with Gasteiger partial charge in [-0.2, -0.15) is 5.10 Å². The van der Waals surface area contributed by atoms with Crippen molar-refractivity contribution < 1.29 is 18.0 Å². The second-order valence-electron chi connectivity index (χ2n) is 6.28. The molecule has 23 heavy (non-hydrogen) atoms. The molecule has 2 aliphatic rings.